The van der Waals surface area contributed by atoms with Gasteiger partial charge in [0.15, 0.2) is 11.6 Å². The highest BCUT2D eigenvalue weighted by Gasteiger charge is 2.13. The number of rotatable bonds is 5. The number of hydrogen-bond acceptors (Lipinski definition) is 7. The molecule has 0 saturated heterocycles. The van der Waals surface area contributed by atoms with E-state index in [-0.39, 0.29) is 22.1 Å². The van der Waals surface area contributed by atoms with Crippen molar-refractivity contribution < 1.29 is 4.79 Å². The Morgan fingerprint density at radius 1 is 1.12 bits per heavy atom. The number of nitrogens with zero attached hydrogens (tertiary/aromatic N) is 3. The van der Waals surface area contributed by atoms with Crippen LogP contribution in [0.2, 0.25) is 10.0 Å². The van der Waals surface area contributed by atoms with Crippen molar-refractivity contribution >= 4 is 52.1 Å². The molecule has 0 bridgehead atoms. The molecule has 0 radical (unpaired) electrons. The fourth-order valence-electron chi connectivity index (χ4n) is 2.03. The Labute approximate surface area is 158 Å². The highest BCUT2D eigenvalue weighted by Crippen LogP contribution is 2.25. The summed E-state index contributed by atoms with van der Waals surface area (Å²) < 4.78 is 0. The number of halogens is 2. The molecule has 0 aliphatic rings. The van der Waals surface area contributed by atoms with Crippen LogP contribution in [-0.2, 0) is 0 Å². The molecule has 8 nitrogen and oxygen atoms in total. The van der Waals surface area contributed by atoms with E-state index in [0.29, 0.717) is 16.5 Å². The standard InChI is InChI=1S/C16H13Cl2N7O/c17-9-3-4-11(12(18)6-9)16(26)25-24-15-13(19)14(21-8-22-15)23-10-2-1-5-20-7-10/h1-8H,19H2,(H,25,26)(H2,21,22,23,24). The molecule has 0 spiro atoms. The Balaban J connectivity index is 1.72. The maximum absolute atomic E-state index is 12.2. The van der Waals surface area contributed by atoms with Gasteiger partial charge in [-0.3, -0.25) is 20.6 Å². The predicted molar refractivity (Wildman–Crippen MR) is 102 cm³/mol. The minimum atomic E-state index is -0.466. The molecule has 3 rings (SSSR count). The van der Waals surface area contributed by atoms with Crippen LogP contribution in [0, 0.1) is 0 Å². The summed E-state index contributed by atoms with van der Waals surface area (Å²) in [5, 5.41) is 3.68. The van der Waals surface area contributed by atoms with Crippen LogP contribution in [0.25, 0.3) is 0 Å². The molecule has 132 valence electrons. The van der Waals surface area contributed by atoms with Gasteiger partial charge in [0.1, 0.15) is 12.0 Å². The summed E-state index contributed by atoms with van der Waals surface area (Å²) in [6.45, 7) is 0. The molecule has 0 fully saturated rings. The lowest BCUT2D eigenvalue weighted by atomic mass is 10.2. The molecule has 0 unspecified atom stereocenters. The van der Waals surface area contributed by atoms with Crippen molar-refractivity contribution in [3.8, 4) is 0 Å². The number of nitrogen functional groups attached to an aromatic ring is 1. The Hall–Kier alpha value is -3.10. The van der Waals surface area contributed by atoms with E-state index >= 15 is 0 Å². The Kier molecular flexibility index (Phi) is 5.35. The molecule has 10 heteroatoms. The lowest BCUT2D eigenvalue weighted by Crippen LogP contribution is -2.30. The van der Waals surface area contributed by atoms with Crippen LogP contribution in [0.5, 0.6) is 0 Å². The number of anilines is 4. The Morgan fingerprint density at radius 3 is 2.65 bits per heavy atom. The molecule has 1 aromatic carbocycles. The van der Waals surface area contributed by atoms with Crippen molar-refractivity contribution in [3.05, 3.63) is 64.7 Å². The van der Waals surface area contributed by atoms with E-state index < -0.39 is 5.91 Å². The summed E-state index contributed by atoms with van der Waals surface area (Å²) in [6, 6.07) is 8.14. The predicted octanol–water partition coefficient (Wildman–Crippen LogP) is 3.26. The van der Waals surface area contributed by atoms with Gasteiger partial charge in [0, 0.05) is 11.2 Å². The van der Waals surface area contributed by atoms with Gasteiger partial charge in [-0.15, -0.1) is 0 Å². The summed E-state index contributed by atoms with van der Waals surface area (Å²) in [5.41, 5.74) is 12.4. The van der Waals surface area contributed by atoms with E-state index in [1.54, 1.807) is 24.5 Å². The largest absolute Gasteiger partial charge is 0.393 e. The van der Waals surface area contributed by atoms with Crippen LogP contribution in [-0.4, -0.2) is 20.9 Å². The van der Waals surface area contributed by atoms with Crippen molar-refractivity contribution in [2.75, 3.05) is 16.5 Å². The SMILES string of the molecule is Nc1c(NNC(=O)c2ccc(Cl)cc2Cl)ncnc1Nc1cccnc1. The number of aromatic nitrogens is 3. The van der Waals surface area contributed by atoms with E-state index in [2.05, 4.69) is 31.1 Å². The smallest absolute Gasteiger partial charge is 0.271 e. The molecule has 26 heavy (non-hydrogen) atoms. The average Bonchev–Trinajstić information content (AvgIpc) is 2.63. The van der Waals surface area contributed by atoms with Gasteiger partial charge in [-0.2, -0.15) is 0 Å². The zero-order chi connectivity index (χ0) is 18.5. The van der Waals surface area contributed by atoms with Gasteiger partial charge in [0.2, 0.25) is 0 Å². The summed E-state index contributed by atoms with van der Waals surface area (Å²) in [5.74, 6) is 0.130. The van der Waals surface area contributed by atoms with E-state index in [9.17, 15) is 4.79 Å². The van der Waals surface area contributed by atoms with Crippen LogP contribution >= 0.6 is 23.2 Å². The lowest BCUT2D eigenvalue weighted by molar-refractivity contribution is 0.0962. The fraction of sp³-hybridized carbons (Fsp3) is 0. The van der Waals surface area contributed by atoms with E-state index in [1.165, 1.54) is 18.5 Å². The lowest BCUT2D eigenvalue weighted by Gasteiger charge is -2.13. The minimum absolute atomic E-state index is 0.221. The summed E-state index contributed by atoms with van der Waals surface area (Å²) >= 11 is 11.8. The zero-order valence-corrected chi connectivity index (χ0v) is 14.7. The van der Waals surface area contributed by atoms with Crippen molar-refractivity contribution in [1.82, 2.24) is 20.4 Å². The van der Waals surface area contributed by atoms with Crippen molar-refractivity contribution in [2.45, 2.75) is 0 Å². The van der Waals surface area contributed by atoms with Gasteiger partial charge in [-0.05, 0) is 30.3 Å². The van der Waals surface area contributed by atoms with E-state index in [0.717, 1.165) is 0 Å². The molecule has 1 amide bonds. The van der Waals surface area contributed by atoms with Crippen molar-refractivity contribution in [2.24, 2.45) is 0 Å². The number of benzene rings is 1. The highest BCUT2D eigenvalue weighted by molar-refractivity contribution is 6.36. The number of carbonyl (C=O) groups is 1. The zero-order valence-electron chi connectivity index (χ0n) is 13.2. The first-order chi connectivity index (χ1) is 12.5. The molecule has 2 aromatic heterocycles. The second-order valence-electron chi connectivity index (χ2n) is 5.05. The van der Waals surface area contributed by atoms with Crippen LogP contribution in [0.1, 0.15) is 10.4 Å². The van der Waals surface area contributed by atoms with Crippen LogP contribution in [0.4, 0.5) is 23.0 Å². The third-order valence-electron chi connectivity index (χ3n) is 3.28. The molecule has 5 N–H and O–H groups in total. The Morgan fingerprint density at radius 2 is 1.92 bits per heavy atom. The van der Waals surface area contributed by atoms with Crippen LogP contribution in [0.3, 0.4) is 0 Å². The van der Waals surface area contributed by atoms with Gasteiger partial charge >= 0.3 is 0 Å². The molecular formula is C16H13Cl2N7O. The number of pyridine rings is 1. The van der Waals surface area contributed by atoms with Gasteiger partial charge < -0.3 is 11.1 Å². The summed E-state index contributed by atoms with van der Waals surface area (Å²) in [4.78, 5) is 24.3. The van der Waals surface area contributed by atoms with Gasteiger partial charge in [0.05, 0.1) is 22.5 Å². The summed E-state index contributed by atoms with van der Waals surface area (Å²) in [7, 11) is 0. The number of hydrogen-bond donors (Lipinski definition) is 4. The number of nitrogens with two attached hydrogens (primary N) is 1. The second kappa shape index (κ2) is 7.85. The number of hydrazine groups is 1. The third kappa shape index (κ3) is 4.11. The fourth-order valence-corrected chi connectivity index (χ4v) is 2.52. The Bertz CT molecular complexity index is 937. The highest BCUT2D eigenvalue weighted by atomic mass is 35.5. The number of carbonyl (C=O) groups excluding carboxylic acids is 1. The monoisotopic (exact) mass is 389 g/mol. The molecule has 0 aliphatic heterocycles. The third-order valence-corrected chi connectivity index (χ3v) is 3.83. The number of nitrogens with one attached hydrogen (secondary N) is 3. The molecular weight excluding hydrogens is 377 g/mol. The maximum Gasteiger partial charge on any atom is 0.271 e. The van der Waals surface area contributed by atoms with E-state index in [1.807, 2.05) is 6.07 Å². The molecule has 2 heterocycles. The van der Waals surface area contributed by atoms with Crippen molar-refractivity contribution in [3.63, 3.8) is 0 Å². The average molecular weight is 390 g/mol. The summed E-state index contributed by atoms with van der Waals surface area (Å²) in [6.07, 6.45) is 4.58. The normalized spacial score (nSPS) is 10.2. The van der Waals surface area contributed by atoms with Crippen molar-refractivity contribution in [1.29, 1.82) is 0 Å². The van der Waals surface area contributed by atoms with Crippen LogP contribution < -0.4 is 21.9 Å². The molecule has 3 aromatic rings. The van der Waals surface area contributed by atoms with Crippen LogP contribution in [0.15, 0.2) is 49.1 Å². The minimum Gasteiger partial charge on any atom is -0.393 e. The van der Waals surface area contributed by atoms with Gasteiger partial charge in [-0.25, -0.2) is 9.97 Å². The van der Waals surface area contributed by atoms with E-state index in [4.69, 9.17) is 28.9 Å². The molecule has 0 saturated carbocycles. The first-order valence-electron chi connectivity index (χ1n) is 7.33. The quantitative estimate of drug-likeness (QED) is 0.494. The van der Waals surface area contributed by atoms with Gasteiger partial charge in [-0.1, -0.05) is 23.2 Å². The molecule has 0 aliphatic carbocycles. The topological polar surface area (TPSA) is 118 Å². The first kappa shape index (κ1) is 17.7. The van der Waals surface area contributed by atoms with Gasteiger partial charge in [0.25, 0.3) is 5.91 Å². The maximum atomic E-state index is 12.2. The first-order valence-corrected chi connectivity index (χ1v) is 8.09. The molecule has 0 atom stereocenters. The second-order valence-corrected chi connectivity index (χ2v) is 5.90. The number of amides is 1.